The summed E-state index contributed by atoms with van der Waals surface area (Å²) in [6, 6.07) is 16.9. The van der Waals surface area contributed by atoms with Gasteiger partial charge in [-0.15, -0.1) is 0 Å². The SMILES string of the molecule is O=S(=O)(Nc1ccc(Oc2cc(-n3cccc3)ncn2)cc1)c1cccc2nsnc12. The first-order chi connectivity index (χ1) is 15.1. The highest BCUT2D eigenvalue weighted by Gasteiger charge is 2.19. The molecule has 0 aliphatic rings. The highest BCUT2D eigenvalue weighted by Crippen LogP contribution is 2.26. The summed E-state index contributed by atoms with van der Waals surface area (Å²) in [7, 11) is -3.82. The standard InChI is InChI=1S/C20H14N6O3S2/c27-31(28,17-5-3-4-16-20(17)24-30-23-16)25-14-6-8-15(9-7-14)29-19-12-18(21-13-22-19)26-10-1-2-11-26/h1-13,25H. The number of benzene rings is 2. The molecule has 11 heteroatoms. The molecule has 154 valence electrons. The van der Waals surface area contributed by atoms with Crippen molar-refractivity contribution in [3.8, 4) is 17.4 Å². The molecule has 5 rings (SSSR count). The third-order valence-electron chi connectivity index (χ3n) is 4.36. The van der Waals surface area contributed by atoms with Crippen LogP contribution in [0.1, 0.15) is 0 Å². The van der Waals surface area contributed by atoms with Crippen LogP contribution in [0, 0.1) is 0 Å². The van der Waals surface area contributed by atoms with Crippen LogP contribution in [0.4, 0.5) is 5.69 Å². The van der Waals surface area contributed by atoms with Gasteiger partial charge < -0.3 is 9.30 Å². The predicted octanol–water partition coefficient (Wildman–Crippen LogP) is 3.87. The molecule has 0 amide bonds. The Kier molecular flexibility index (Phi) is 4.81. The van der Waals surface area contributed by atoms with Crippen LogP contribution in [0.15, 0.2) is 84.3 Å². The molecule has 5 aromatic rings. The van der Waals surface area contributed by atoms with Crippen LogP contribution in [0.25, 0.3) is 16.9 Å². The number of rotatable bonds is 6. The van der Waals surface area contributed by atoms with E-state index in [9.17, 15) is 8.42 Å². The third-order valence-corrected chi connectivity index (χ3v) is 6.32. The van der Waals surface area contributed by atoms with Crippen LogP contribution < -0.4 is 9.46 Å². The average Bonchev–Trinajstić information content (AvgIpc) is 3.47. The molecule has 3 heterocycles. The maximum atomic E-state index is 12.8. The Morgan fingerprint density at radius 1 is 0.935 bits per heavy atom. The van der Waals surface area contributed by atoms with Gasteiger partial charge in [0.1, 0.15) is 33.8 Å². The van der Waals surface area contributed by atoms with Crippen LogP contribution in [0.5, 0.6) is 11.6 Å². The van der Waals surface area contributed by atoms with Crippen molar-refractivity contribution in [1.82, 2.24) is 23.3 Å². The number of anilines is 1. The molecule has 0 fully saturated rings. The summed E-state index contributed by atoms with van der Waals surface area (Å²) in [5, 5.41) is 0. The van der Waals surface area contributed by atoms with E-state index in [-0.39, 0.29) is 4.90 Å². The number of hydrogen-bond acceptors (Lipinski definition) is 8. The lowest BCUT2D eigenvalue weighted by Crippen LogP contribution is -2.13. The van der Waals surface area contributed by atoms with Crippen molar-refractivity contribution in [2.24, 2.45) is 0 Å². The summed E-state index contributed by atoms with van der Waals surface area (Å²) in [6.07, 6.45) is 5.16. The Labute approximate surface area is 181 Å². The first-order valence-corrected chi connectivity index (χ1v) is 11.3. The maximum absolute atomic E-state index is 12.8. The van der Waals surface area contributed by atoms with Crippen molar-refractivity contribution in [1.29, 1.82) is 0 Å². The van der Waals surface area contributed by atoms with Crippen molar-refractivity contribution in [2.45, 2.75) is 4.90 Å². The molecule has 0 aliphatic heterocycles. The van der Waals surface area contributed by atoms with Gasteiger partial charge in [0.15, 0.2) is 0 Å². The number of sulfonamides is 1. The van der Waals surface area contributed by atoms with Crippen LogP contribution in [-0.2, 0) is 10.0 Å². The molecule has 0 saturated heterocycles. The molecule has 31 heavy (non-hydrogen) atoms. The second-order valence-corrected chi connectivity index (χ2v) is 8.60. The minimum Gasteiger partial charge on any atom is -0.439 e. The Morgan fingerprint density at radius 2 is 1.74 bits per heavy atom. The number of fused-ring (bicyclic) bond motifs is 1. The first-order valence-electron chi connectivity index (χ1n) is 9.06. The Hall–Kier alpha value is -3.83. The Morgan fingerprint density at radius 3 is 2.55 bits per heavy atom. The Balaban J connectivity index is 1.34. The molecule has 0 atom stereocenters. The van der Waals surface area contributed by atoms with E-state index in [0.29, 0.717) is 34.2 Å². The highest BCUT2D eigenvalue weighted by molar-refractivity contribution is 7.93. The summed E-state index contributed by atoms with van der Waals surface area (Å²) >= 11 is 0.972. The predicted molar refractivity (Wildman–Crippen MR) is 116 cm³/mol. The topological polar surface area (TPSA) is 112 Å². The summed E-state index contributed by atoms with van der Waals surface area (Å²) in [6.45, 7) is 0. The lowest BCUT2D eigenvalue weighted by molar-refractivity contribution is 0.461. The molecule has 0 bridgehead atoms. The van der Waals surface area contributed by atoms with Crippen molar-refractivity contribution >= 4 is 38.5 Å². The molecule has 0 saturated carbocycles. The number of aromatic nitrogens is 5. The maximum Gasteiger partial charge on any atom is 0.264 e. The summed E-state index contributed by atoms with van der Waals surface area (Å²) in [5.74, 6) is 1.55. The third kappa shape index (κ3) is 3.96. The number of ether oxygens (including phenoxy) is 1. The van der Waals surface area contributed by atoms with Crippen LogP contribution >= 0.6 is 11.7 Å². The highest BCUT2D eigenvalue weighted by atomic mass is 32.2. The van der Waals surface area contributed by atoms with E-state index >= 15 is 0 Å². The van der Waals surface area contributed by atoms with Crippen molar-refractivity contribution < 1.29 is 13.2 Å². The second-order valence-electron chi connectivity index (χ2n) is 6.42. The van der Waals surface area contributed by atoms with Gasteiger partial charge >= 0.3 is 0 Å². The fourth-order valence-corrected chi connectivity index (χ4v) is 4.76. The minimum atomic E-state index is -3.82. The first kappa shape index (κ1) is 19.2. The molecule has 0 spiro atoms. The fraction of sp³-hybridized carbons (Fsp3) is 0. The van der Waals surface area contributed by atoms with Crippen molar-refractivity contribution in [2.75, 3.05) is 4.72 Å². The van der Waals surface area contributed by atoms with Gasteiger partial charge in [0, 0.05) is 24.1 Å². The molecule has 0 aliphatic carbocycles. The summed E-state index contributed by atoms with van der Waals surface area (Å²) in [4.78, 5) is 8.41. The van der Waals surface area contributed by atoms with E-state index in [4.69, 9.17) is 4.74 Å². The molecule has 2 aromatic carbocycles. The van der Waals surface area contributed by atoms with Crippen molar-refractivity contribution in [3.63, 3.8) is 0 Å². The van der Waals surface area contributed by atoms with Crippen molar-refractivity contribution in [3.05, 3.63) is 79.4 Å². The van der Waals surface area contributed by atoms with Gasteiger partial charge in [-0.25, -0.2) is 18.4 Å². The smallest absolute Gasteiger partial charge is 0.264 e. The van der Waals surface area contributed by atoms with Crippen LogP contribution in [0.3, 0.4) is 0 Å². The largest absolute Gasteiger partial charge is 0.439 e. The minimum absolute atomic E-state index is 0.0811. The molecule has 0 unspecified atom stereocenters. The van der Waals surface area contributed by atoms with Crippen LogP contribution in [0.2, 0.25) is 0 Å². The lowest BCUT2D eigenvalue weighted by atomic mass is 10.3. The van der Waals surface area contributed by atoms with Gasteiger partial charge in [0.25, 0.3) is 10.0 Å². The molecular weight excluding hydrogens is 436 g/mol. The van der Waals surface area contributed by atoms with Gasteiger partial charge in [-0.2, -0.15) is 8.75 Å². The quantitative estimate of drug-likeness (QED) is 0.418. The zero-order valence-corrected chi connectivity index (χ0v) is 17.4. The number of hydrogen-bond donors (Lipinski definition) is 1. The molecule has 9 nitrogen and oxygen atoms in total. The van der Waals surface area contributed by atoms with Gasteiger partial charge in [0.05, 0.1) is 11.7 Å². The van der Waals surface area contributed by atoms with Gasteiger partial charge in [-0.05, 0) is 48.5 Å². The number of nitrogens with zero attached hydrogens (tertiary/aromatic N) is 5. The summed E-state index contributed by atoms with van der Waals surface area (Å²) in [5.41, 5.74) is 1.28. The summed E-state index contributed by atoms with van der Waals surface area (Å²) < 4.78 is 44.0. The van der Waals surface area contributed by atoms with E-state index in [1.165, 1.54) is 12.4 Å². The number of nitrogens with one attached hydrogen (secondary N) is 1. The molecular formula is C20H14N6O3S2. The van der Waals surface area contributed by atoms with Crippen LogP contribution in [-0.4, -0.2) is 31.7 Å². The van der Waals surface area contributed by atoms with Gasteiger partial charge in [0.2, 0.25) is 5.88 Å². The zero-order valence-electron chi connectivity index (χ0n) is 15.8. The lowest BCUT2D eigenvalue weighted by Gasteiger charge is -2.10. The molecule has 1 N–H and O–H groups in total. The van der Waals surface area contributed by atoms with Gasteiger partial charge in [-0.3, -0.25) is 4.72 Å². The monoisotopic (exact) mass is 450 g/mol. The molecule has 0 radical (unpaired) electrons. The van der Waals surface area contributed by atoms with E-state index in [0.717, 1.165) is 11.7 Å². The average molecular weight is 451 g/mol. The van der Waals surface area contributed by atoms with E-state index in [1.807, 2.05) is 29.1 Å². The van der Waals surface area contributed by atoms with E-state index < -0.39 is 10.0 Å². The van der Waals surface area contributed by atoms with E-state index in [2.05, 4.69) is 23.4 Å². The van der Waals surface area contributed by atoms with E-state index in [1.54, 1.807) is 42.5 Å². The zero-order chi connectivity index (χ0) is 21.3. The van der Waals surface area contributed by atoms with Gasteiger partial charge in [-0.1, -0.05) is 6.07 Å². The second kappa shape index (κ2) is 7.78. The molecule has 3 aromatic heterocycles. The fourth-order valence-electron chi connectivity index (χ4n) is 2.93. The normalized spacial score (nSPS) is 11.5. The Bertz CT molecular complexity index is 1450.